The van der Waals surface area contributed by atoms with Crippen molar-refractivity contribution >= 4 is 34.1 Å². The number of piperidine rings is 2. The van der Waals surface area contributed by atoms with Gasteiger partial charge in [0.15, 0.2) is 0 Å². The molecule has 2 aromatic carbocycles. The van der Waals surface area contributed by atoms with Gasteiger partial charge in [0.1, 0.15) is 5.82 Å². The van der Waals surface area contributed by atoms with E-state index < -0.39 is 0 Å². The number of rotatable bonds is 4. The van der Waals surface area contributed by atoms with Crippen LogP contribution in [0.1, 0.15) is 38.2 Å². The first-order valence-corrected chi connectivity index (χ1v) is 11.0. The lowest BCUT2D eigenvalue weighted by atomic mass is 9.80. The third-order valence-electron chi connectivity index (χ3n) is 6.56. The number of aryl methyl sites for hydroxylation is 1. The van der Waals surface area contributed by atoms with Gasteiger partial charge in [-0.3, -0.25) is 0 Å². The minimum atomic E-state index is -0.243. The number of hydrogen-bond donors (Lipinski definition) is 2. The van der Waals surface area contributed by atoms with Gasteiger partial charge in [-0.25, -0.2) is 9.78 Å². The van der Waals surface area contributed by atoms with E-state index in [1.165, 1.54) is 31.2 Å². The lowest BCUT2D eigenvalue weighted by molar-refractivity contribution is 0.251. The van der Waals surface area contributed by atoms with Gasteiger partial charge in [0.05, 0.1) is 5.52 Å². The van der Waals surface area contributed by atoms with Gasteiger partial charge in [-0.2, -0.15) is 0 Å². The van der Waals surface area contributed by atoms with Gasteiger partial charge in [-0.15, -0.1) is 0 Å². The molecule has 2 bridgehead atoms. The summed E-state index contributed by atoms with van der Waals surface area (Å²) < 4.78 is 0. The van der Waals surface area contributed by atoms with Crippen molar-refractivity contribution in [3.63, 3.8) is 0 Å². The number of pyridine rings is 1. The second-order valence-corrected chi connectivity index (χ2v) is 8.53. The molecule has 3 heterocycles. The fraction of sp³-hybridized carbons (Fsp3) is 0.360. The van der Waals surface area contributed by atoms with E-state index >= 15 is 0 Å². The molecule has 3 aliphatic rings. The Morgan fingerprint density at radius 3 is 2.40 bits per heavy atom. The van der Waals surface area contributed by atoms with Crippen molar-refractivity contribution in [1.82, 2.24) is 4.98 Å². The van der Waals surface area contributed by atoms with Crippen LogP contribution < -0.4 is 15.5 Å². The number of aromatic nitrogens is 1. The number of amides is 2. The average molecular weight is 401 g/mol. The van der Waals surface area contributed by atoms with Crippen molar-refractivity contribution in [1.29, 1.82) is 0 Å². The molecule has 2 saturated heterocycles. The number of fused-ring (bicyclic) bond motifs is 4. The number of hydrogen-bond acceptors (Lipinski definition) is 3. The molecule has 30 heavy (non-hydrogen) atoms. The molecule has 0 unspecified atom stereocenters. The van der Waals surface area contributed by atoms with Crippen molar-refractivity contribution < 1.29 is 4.79 Å². The summed E-state index contributed by atoms with van der Waals surface area (Å²) in [5, 5.41) is 6.84. The molecule has 2 N–H and O–H groups in total. The number of nitrogens with one attached hydrogen (secondary N) is 2. The molecule has 5 nitrogen and oxygen atoms in total. The summed E-state index contributed by atoms with van der Waals surface area (Å²) in [4.78, 5) is 19.8. The highest BCUT2D eigenvalue weighted by molar-refractivity contribution is 6.01. The Morgan fingerprint density at radius 2 is 1.70 bits per heavy atom. The smallest absolute Gasteiger partial charge is 0.323 e. The molecule has 3 fully saturated rings. The fourth-order valence-corrected chi connectivity index (χ4v) is 4.82. The van der Waals surface area contributed by atoms with E-state index in [9.17, 15) is 4.79 Å². The number of urea groups is 1. The topological polar surface area (TPSA) is 57.3 Å². The maximum Gasteiger partial charge on any atom is 0.323 e. The molecule has 0 spiro atoms. The summed E-state index contributed by atoms with van der Waals surface area (Å²) >= 11 is 0. The SMILES string of the molecule is CCc1ccc(NC(=O)Nc2ccc3nc(N4CC5CCC4CC5)ccc3c2)cc1. The molecule has 6 rings (SSSR count). The molecule has 154 valence electrons. The molecule has 0 atom stereocenters. The van der Waals surface area contributed by atoms with Crippen LogP contribution in [-0.4, -0.2) is 23.6 Å². The summed E-state index contributed by atoms with van der Waals surface area (Å²) in [6.45, 7) is 3.26. The zero-order valence-corrected chi connectivity index (χ0v) is 17.4. The Balaban J connectivity index is 1.28. The lowest BCUT2D eigenvalue weighted by Gasteiger charge is -2.46. The number of nitrogens with zero attached hydrogens (tertiary/aromatic N) is 2. The van der Waals surface area contributed by atoms with Gasteiger partial charge in [-0.05, 0) is 86.1 Å². The number of carbonyl (C=O) groups is 1. The molecule has 2 amide bonds. The van der Waals surface area contributed by atoms with Crippen molar-refractivity contribution in [2.45, 2.75) is 45.1 Å². The van der Waals surface area contributed by atoms with E-state index in [0.717, 1.165) is 47.0 Å². The van der Waals surface area contributed by atoms with Crippen LogP contribution in [0.3, 0.4) is 0 Å². The third kappa shape index (κ3) is 3.84. The summed E-state index contributed by atoms with van der Waals surface area (Å²) in [6, 6.07) is 18.5. The predicted octanol–water partition coefficient (Wildman–Crippen LogP) is 5.82. The molecule has 0 radical (unpaired) electrons. The second-order valence-electron chi connectivity index (χ2n) is 8.53. The highest BCUT2D eigenvalue weighted by atomic mass is 16.2. The molecule has 2 aliphatic heterocycles. The Labute approximate surface area is 177 Å². The van der Waals surface area contributed by atoms with Gasteiger partial charge in [0.2, 0.25) is 0 Å². The summed E-state index contributed by atoms with van der Waals surface area (Å²) in [7, 11) is 0. The van der Waals surface area contributed by atoms with Crippen molar-refractivity contribution in [2.75, 3.05) is 22.1 Å². The summed E-state index contributed by atoms with van der Waals surface area (Å²) in [5.41, 5.74) is 3.76. The lowest BCUT2D eigenvalue weighted by Crippen LogP contribution is -2.48. The molecule has 1 aliphatic carbocycles. The zero-order valence-electron chi connectivity index (χ0n) is 17.4. The van der Waals surface area contributed by atoms with Gasteiger partial charge in [-0.1, -0.05) is 19.1 Å². The van der Waals surface area contributed by atoms with E-state index in [1.54, 1.807) is 0 Å². The van der Waals surface area contributed by atoms with Crippen LogP contribution in [0.25, 0.3) is 10.9 Å². The van der Waals surface area contributed by atoms with Gasteiger partial charge >= 0.3 is 6.03 Å². The first-order valence-electron chi connectivity index (χ1n) is 11.0. The molecule has 5 heteroatoms. The van der Waals surface area contributed by atoms with Crippen molar-refractivity contribution in [3.05, 3.63) is 60.2 Å². The van der Waals surface area contributed by atoms with Crippen molar-refractivity contribution in [2.24, 2.45) is 5.92 Å². The molecular weight excluding hydrogens is 372 g/mol. The molecule has 1 aromatic heterocycles. The van der Waals surface area contributed by atoms with Crippen LogP contribution in [0.15, 0.2) is 54.6 Å². The van der Waals surface area contributed by atoms with Crippen molar-refractivity contribution in [3.8, 4) is 0 Å². The number of benzene rings is 2. The number of carbonyl (C=O) groups excluding carboxylic acids is 1. The van der Waals surface area contributed by atoms with E-state index in [4.69, 9.17) is 4.98 Å². The minimum absolute atomic E-state index is 0.243. The normalized spacial score (nSPS) is 20.4. The van der Waals surface area contributed by atoms with Gasteiger partial charge in [0, 0.05) is 29.3 Å². The largest absolute Gasteiger partial charge is 0.353 e. The van der Waals surface area contributed by atoms with Crippen LogP contribution in [0.2, 0.25) is 0 Å². The second kappa shape index (κ2) is 7.98. The quantitative estimate of drug-likeness (QED) is 0.580. The third-order valence-corrected chi connectivity index (χ3v) is 6.56. The summed E-state index contributed by atoms with van der Waals surface area (Å²) in [5.74, 6) is 1.92. The zero-order chi connectivity index (χ0) is 20.5. The monoisotopic (exact) mass is 400 g/mol. The van der Waals surface area contributed by atoms with Crippen LogP contribution in [0, 0.1) is 5.92 Å². The Kier molecular flexibility index (Phi) is 5.03. The Morgan fingerprint density at radius 1 is 0.967 bits per heavy atom. The Bertz CT molecular complexity index is 1050. The van der Waals surface area contributed by atoms with Crippen LogP contribution in [-0.2, 0) is 6.42 Å². The standard InChI is InChI=1S/C25H28N4O/c1-2-17-3-8-20(9-4-17)26-25(30)27-21-10-13-23-19(15-21)7-14-24(28-23)29-16-18-5-11-22(29)12-6-18/h3-4,7-10,13-15,18,22H,2,5-6,11-12,16H2,1H3,(H2,26,27,30). The Hall–Kier alpha value is -3.08. The number of anilines is 3. The van der Waals surface area contributed by atoms with E-state index in [2.05, 4.69) is 34.6 Å². The van der Waals surface area contributed by atoms with Gasteiger partial charge in [0.25, 0.3) is 0 Å². The maximum absolute atomic E-state index is 12.4. The van der Waals surface area contributed by atoms with Crippen LogP contribution >= 0.6 is 0 Å². The first kappa shape index (κ1) is 18.9. The van der Waals surface area contributed by atoms with Crippen LogP contribution in [0.5, 0.6) is 0 Å². The average Bonchev–Trinajstić information content (AvgIpc) is 2.80. The summed E-state index contributed by atoms with van der Waals surface area (Å²) in [6.07, 6.45) is 6.31. The molecule has 1 saturated carbocycles. The van der Waals surface area contributed by atoms with Gasteiger partial charge < -0.3 is 15.5 Å². The maximum atomic E-state index is 12.4. The first-order chi connectivity index (χ1) is 14.7. The van der Waals surface area contributed by atoms with E-state index in [0.29, 0.717) is 6.04 Å². The fourth-order valence-electron chi connectivity index (χ4n) is 4.82. The highest BCUT2D eigenvalue weighted by Crippen LogP contribution is 2.37. The molecule has 3 aromatic rings. The van der Waals surface area contributed by atoms with Crippen LogP contribution in [0.4, 0.5) is 22.0 Å². The highest BCUT2D eigenvalue weighted by Gasteiger charge is 2.34. The molecular formula is C25H28N4O. The van der Waals surface area contributed by atoms with E-state index in [1.807, 2.05) is 42.5 Å². The minimum Gasteiger partial charge on any atom is -0.353 e. The predicted molar refractivity (Wildman–Crippen MR) is 123 cm³/mol. The van der Waals surface area contributed by atoms with E-state index in [-0.39, 0.29) is 6.03 Å².